The molecule has 2 aromatic heterocycles. The molecule has 2 heterocycles. The lowest BCUT2D eigenvalue weighted by atomic mass is 10.1. The zero-order valence-electron chi connectivity index (χ0n) is 13.8. The molecule has 6 heteroatoms. The summed E-state index contributed by atoms with van der Waals surface area (Å²) in [7, 11) is 0. The highest BCUT2D eigenvalue weighted by Gasteiger charge is 2.16. The van der Waals surface area contributed by atoms with E-state index in [1.165, 1.54) is 0 Å². The summed E-state index contributed by atoms with van der Waals surface area (Å²) in [6.45, 7) is 5.93. The number of carboxylic acids is 1. The van der Waals surface area contributed by atoms with Crippen molar-refractivity contribution < 1.29 is 9.90 Å². The van der Waals surface area contributed by atoms with Crippen LogP contribution in [0.5, 0.6) is 0 Å². The number of azo groups is 1. The molecule has 0 fully saturated rings. The molecular formula is C18H18N4O2. The van der Waals surface area contributed by atoms with Crippen molar-refractivity contribution in [3.63, 3.8) is 0 Å². The Hall–Kier alpha value is -3.02. The molecule has 0 aliphatic rings. The molecule has 0 radical (unpaired) electrons. The van der Waals surface area contributed by atoms with Gasteiger partial charge >= 0.3 is 5.97 Å². The lowest BCUT2D eigenvalue weighted by Crippen LogP contribution is -2.00. The van der Waals surface area contributed by atoms with Crippen molar-refractivity contribution in [1.82, 2.24) is 9.38 Å². The van der Waals surface area contributed by atoms with Crippen LogP contribution in [0.15, 0.2) is 46.8 Å². The van der Waals surface area contributed by atoms with Crippen LogP contribution in [-0.4, -0.2) is 20.5 Å². The molecule has 3 aromatic rings. The van der Waals surface area contributed by atoms with E-state index in [9.17, 15) is 4.79 Å². The second-order valence-electron chi connectivity index (χ2n) is 5.88. The molecule has 0 bridgehead atoms. The number of aromatic nitrogens is 2. The number of fused-ring (bicyclic) bond motifs is 1. The Bertz CT molecular complexity index is 937. The van der Waals surface area contributed by atoms with Crippen molar-refractivity contribution in [2.24, 2.45) is 10.2 Å². The summed E-state index contributed by atoms with van der Waals surface area (Å²) in [5.74, 6) is -0.492. The number of hydrogen-bond acceptors (Lipinski definition) is 4. The molecule has 0 aliphatic heterocycles. The summed E-state index contributed by atoms with van der Waals surface area (Å²) >= 11 is 0. The Labute approximate surface area is 139 Å². The number of carbonyl (C=O) groups is 1. The van der Waals surface area contributed by atoms with E-state index in [2.05, 4.69) is 21.3 Å². The number of aliphatic carboxylic acids is 1. The number of aryl methyl sites for hydroxylation is 3. The maximum Gasteiger partial charge on any atom is 0.309 e. The lowest BCUT2D eigenvalue weighted by molar-refractivity contribution is -0.136. The molecule has 0 saturated heterocycles. The summed E-state index contributed by atoms with van der Waals surface area (Å²) in [5.41, 5.74) is 4.99. The number of benzene rings is 1. The van der Waals surface area contributed by atoms with Gasteiger partial charge in [0.2, 0.25) is 0 Å². The van der Waals surface area contributed by atoms with Crippen molar-refractivity contribution in [2.75, 3.05) is 0 Å². The minimum absolute atomic E-state index is 0.192. The van der Waals surface area contributed by atoms with Gasteiger partial charge < -0.3 is 5.11 Å². The van der Waals surface area contributed by atoms with Gasteiger partial charge in [0, 0.05) is 6.20 Å². The molecule has 6 nitrogen and oxygen atoms in total. The number of rotatable bonds is 4. The molecule has 1 aromatic carbocycles. The molecule has 24 heavy (non-hydrogen) atoms. The third-order valence-corrected chi connectivity index (χ3v) is 3.67. The van der Waals surface area contributed by atoms with Gasteiger partial charge in [-0.15, -0.1) is 10.2 Å². The number of imidazole rings is 1. The standard InChI is InChI=1S/C18H18N4O2/c1-11-7-12(2)9-14(8-11)20-21-18-15(10-16(23)24)19-17-13(3)5-4-6-22(17)18/h4-9H,10H2,1-3H3,(H,23,24). The van der Waals surface area contributed by atoms with Crippen LogP contribution < -0.4 is 0 Å². The van der Waals surface area contributed by atoms with Crippen molar-refractivity contribution in [2.45, 2.75) is 27.2 Å². The van der Waals surface area contributed by atoms with Crippen LogP contribution >= 0.6 is 0 Å². The Morgan fingerprint density at radius 2 is 1.88 bits per heavy atom. The van der Waals surface area contributed by atoms with Gasteiger partial charge in [0.05, 0.1) is 17.8 Å². The zero-order valence-corrected chi connectivity index (χ0v) is 13.8. The third-order valence-electron chi connectivity index (χ3n) is 3.67. The first kappa shape index (κ1) is 15.9. The second-order valence-corrected chi connectivity index (χ2v) is 5.88. The number of carboxylic acid groups (broad SMARTS) is 1. The van der Waals surface area contributed by atoms with Gasteiger partial charge in [-0.3, -0.25) is 9.20 Å². The van der Waals surface area contributed by atoms with Gasteiger partial charge in [-0.1, -0.05) is 12.1 Å². The molecule has 122 valence electrons. The Balaban J connectivity index is 2.11. The van der Waals surface area contributed by atoms with E-state index in [4.69, 9.17) is 5.11 Å². The van der Waals surface area contributed by atoms with Gasteiger partial charge in [0.15, 0.2) is 5.82 Å². The fourth-order valence-electron chi connectivity index (χ4n) is 2.72. The Morgan fingerprint density at radius 1 is 1.17 bits per heavy atom. The normalized spacial score (nSPS) is 11.5. The van der Waals surface area contributed by atoms with E-state index in [1.807, 2.05) is 51.2 Å². The first-order valence-corrected chi connectivity index (χ1v) is 7.62. The Morgan fingerprint density at radius 3 is 2.54 bits per heavy atom. The number of nitrogens with zero attached hydrogens (tertiary/aromatic N) is 4. The SMILES string of the molecule is Cc1cc(C)cc(N=Nc2c(CC(=O)O)nc3c(C)cccn23)c1. The molecule has 0 amide bonds. The van der Waals surface area contributed by atoms with Crippen LogP contribution in [0.2, 0.25) is 0 Å². The average molecular weight is 322 g/mol. The summed E-state index contributed by atoms with van der Waals surface area (Å²) in [6.07, 6.45) is 1.62. The Kier molecular flexibility index (Phi) is 4.12. The van der Waals surface area contributed by atoms with E-state index in [0.717, 1.165) is 22.4 Å². The first-order chi connectivity index (χ1) is 11.4. The maximum atomic E-state index is 11.1. The van der Waals surface area contributed by atoms with Crippen LogP contribution in [-0.2, 0) is 11.2 Å². The first-order valence-electron chi connectivity index (χ1n) is 7.62. The molecule has 3 rings (SSSR count). The van der Waals surface area contributed by atoms with E-state index in [1.54, 1.807) is 4.40 Å². The van der Waals surface area contributed by atoms with Crippen molar-refractivity contribution in [3.05, 3.63) is 58.9 Å². The average Bonchev–Trinajstić information content (AvgIpc) is 2.82. The fourth-order valence-corrected chi connectivity index (χ4v) is 2.72. The molecule has 0 spiro atoms. The summed E-state index contributed by atoms with van der Waals surface area (Å²) in [5, 5.41) is 17.7. The smallest absolute Gasteiger partial charge is 0.309 e. The minimum Gasteiger partial charge on any atom is -0.481 e. The van der Waals surface area contributed by atoms with E-state index < -0.39 is 5.97 Å². The van der Waals surface area contributed by atoms with Gasteiger partial charge in [-0.2, -0.15) is 0 Å². The topological polar surface area (TPSA) is 79.3 Å². The number of pyridine rings is 1. The summed E-state index contributed by atoms with van der Waals surface area (Å²) < 4.78 is 1.78. The third kappa shape index (κ3) is 3.17. The van der Waals surface area contributed by atoms with Crippen LogP contribution in [0.1, 0.15) is 22.4 Å². The van der Waals surface area contributed by atoms with Gasteiger partial charge in [0.25, 0.3) is 0 Å². The summed E-state index contributed by atoms with van der Waals surface area (Å²) in [6, 6.07) is 9.73. The quantitative estimate of drug-likeness (QED) is 0.727. The van der Waals surface area contributed by atoms with Gasteiger partial charge in [0.1, 0.15) is 5.65 Å². The molecule has 1 N–H and O–H groups in total. The van der Waals surface area contributed by atoms with Crippen molar-refractivity contribution >= 4 is 23.1 Å². The highest BCUT2D eigenvalue weighted by Crippen LogP contribution is 2.26. The van der Waals surface area contributed by atoms with Crippen LogP contribution in [0.3, 0.4) is 0 Å². The van der Waals surface area contributed by atoms with Crippen LogP contribution in [0.25, 0.3) is 5.65 Å². The predicted octanol–water partition coefficient (Wildman–Crippen LogP) is 4.30. The molecular weight excluding hydrogens is 304 g/mol. The largest absolute Gasteiger partial charge is 0.481 e. The minimum atomic E-state index is -0.945. The van der Waals surface area contributed by atoms with E-state index in [-0.39, 0.29) is 6.42 Å². The van der Waals surface area contributed by atoms with Crippen LogP contribution in [0, 0.1) is 20.8 Å². The lowest BCUT2D eigenvalue weighted by Gasteiger charge is -2.00. The van der Waals surface area contributed by atoms with Gasteiger partial charge in [-0.25, -0.2) is 4.98 Å². The monoisotopic (exact) mass is 322 g/mol. The zero-order chi connectivity index (χ0) is 17.3. The predicted molar refractivity (Wildman–Crippen MR) is 91.4 cm³/mol. The van der Waals surface area contributed by atoms with Crippen molar-refractivity contribution in [1.29, 1.82) is 0 Å². The number of hydrogen-bond donors (Lipinski definition) is 1. The second kappa shape index (κ2) is 6.23. The highest BCUT2D eigenvalue weighted by molar-refractivity contribution is 5.72. The van der Waals surface area contributed by atoms with Crippen LogP contribution in [0.4, 0.5) is 11.5 Å². The molecule has 0 unspecified atom stereocenters. The maximum absolute atomic E-state index is 11.1. The van der Waals surface area contributed by atoms with Gasteiger partial charge in [-0.05, 0) is 55.7 Å². The highest BCUT2D eigenvalue weighted by atomic mass is 16.4. The molecule has 0 aliphatic carbocycles. The van der Waals surface area contributed by atoms with Crippen molar-refractivity contribution in [3.8, 4) is 0 Å². The van der Waals surface area contributed by atoms with E-state index >= 15 is 0 Å². The molecule has 0 saturated carbocycles. The summed E-state index contributed by atoms with van der Waals surface area (Å²) in [4.78, 5) is 15.6. The molecule has 0 atom stereocenters. The fraction of sp³-hybridized carbons (Fsp3) is 0.222. The van der Waals surface area contributed by atoms with E-state index in [0.29, 0.717) is 17.2 Å².